The molecule has 0 aliphatic carbocycles. The summed E-state index contributed by atoms with van der Waals surface area (Å²) in [7, 11) is 0. The Labute approximate surface area is 109 Å². The molecule has 0 saturated heterocycles. The van der Waals surface area contributed by atoms with Crippen molar-refractivity contribution in [2.75, 3.05) is 0 Å². The molecule has 1 heterocycles. The van der Waals surface area contributed by atoms with Gasteiger partial charge in [-0.05, 0) is 30.3 Å². The van der Waals surface area contributed by atoms with Gasteiger partial charge in [0.1, 0.15) is 10.9 Å². The van der Waals surface area contributed by atoms with Crippen LogP contribution in [-0.4, -0.2) is 10.8 Å². The molecule has 0 aliphatic rings. The third-order valence-electron chi connectivity index (χ3n) is 2.07. The van der Waals surface area contributed by atoms with Crippen LogP contribution in [0.15, 0.2) is 52.5 Å². The van der Waals surface area contributed by atoms with E-state index in [1.807, 2.05) is 30.3 Å². The monoisotopic (exact) mass is 263 g/mol. The first-order chi connectivity index (χ1) is 8.15. The Hall–Kier alpha value is -1.52. The molecule has 0 saturated carbocycles. The van der Waals surface area contributed by atoms with Gasteiger partial charge in [-0.15, -0.1) is 0 Å². The molecule has 1 aromatic carbocycles. The zero-order chi connectivity index (χ0) is 12.3. The predicted octanol–water partition coefficient (Wildman–Crippen LogP) is 3.17. The molecule has 1 aromatic heterocycles. The minimum Gasteiger partial charge on any atom is -0.384 e. The molecule has 2 rings (SSSR count). The largest absolute Gasteiger partial charge is 0.384 e. The van der Waals surface area contributed by atoms with Crippen molar-refractivity contribution >= 4 is 29.2 Å². The second-order valence-electron chi connectivity index (χ2n) is 3.36. The summed E-state index contributed by atoms with van der Waals surface area (Å²) in [4.78, 5) is 5.25. The van der Waals surface area contributed by atoms with Crippen molar-refractivity contribution in [3.63, 3.8) is 0 Å². The lowest BCUT2D eigenvalue weighted by molar-refractivity contribution is 1.12. The zero-order valence-electron chi connectivity index (χ0n) is 8.85. The Balaban J connectivity index is 2.16. The SMILES string of the molecule is N=C(N)c1ccc(Sc2cccc(Cl)c2)nc1. The Bertz CT molecular complexity index is 540. The van der Waals surface area contributed by atoms with Crippen molar-refractivity contribution in [3.8, 4) is 0 Å². The number of nitrogens with zero attached hydrogens (tertiary/aromatic N) is 1. The van der Waals surface area contributed by atoms with E-state index in [4.69, 9.17) is 22.7 Å². The van der Waals surface area contributed by atoms with Crippen molar-refractivity contribution < 1.29 is 0 Å². The van der Waals surface area contributed by atoms with E-state index in [2.05, 4.69) is 4.98 Å². The highest BCUT2D eigenvalue weighted by Crippen LogP contribution is 2.27. The number of nitrogens with two attached hydrogens (primary N) is 1. The molecule has 3 N–H and O–H groups in total. The van der Waals surface area contributed by atoms with E-state index in [9.17, 15) is 0 Å². The number of hydrogen-bond acceptors (Lipinski definition) is 3. The lowest BCUT2D eigenvalue weighted by atomic mass is 10.3. The molecule has 3 nitrogen and oxygen atoms in total. The third kappa shape index (κ3) is 3.22. The third-order valence-corrected chi connectivity index (χ3v) is 3.24. The van der Waals surface area contributed by atoms with Crippen LogP contribution in [0.5, 0.6) is 0 Å². The number of hydrogen-bond donors (Lipinski definition) is 2. The number of rotatable bonds is 3. The molecular weight excluding hydrogens is 254 g/mol. The van der Waals surface area contributed by atoms with Crippen LogP contribution in [0.4, 0.5) is 0 Å². The molecule has 0 unspecified atom stereocenters. The molecule has 0 spiro atoms. The van der Waals surface area contributed by atoms with Crippen LogP contribution in [0, 0.1) is 5.41 Å². The second kappa shape index (κ2) is 5.21. The summed E-state index contributed by atoms with van der Waals surface area (Å²) >= 11 is 7.41. The first kappa shape index (κ1) is 12.0. The fourth-order valence-electron chi connectivity index (χ4n) is 1.25. The maximum Gasteiger partial charge on any atom is 0.124 e. The fraction of sp³-hybridized carbons (Fsp3) is 0. The van der Waals surface area contributed by atoms with E-state index in [-0.39, 0.29) is 5.84 Å². The van der Waals surface area contributed by atoms with E-state index in [1.165, 1.54) is 11.8 Å². The second-order valence-corrected chi connectivity index (χ2v) is 4.89. The molecule has 86 valence electrons. The lowest BCUT2D eigenvalue weighted by Gasteiger charge is -2.02. The highest BCUT2D eigenvalue weighted by atomic mass is 35.5. The number of nitrogens with one attached hydrogen (secondary N) is 1. The van der Waals surface area contributed by atoms with Crippen molar-refractivity contribution in [3.05, 3.63) is 53.2 Å². The van der Waals surface area contributed by atoms with E-state index < -0.39 is 0 Å². The van der Waals surface area contributed by atoms with Crippen molar-refractivity contribution in [1.29, 1.82) is 5.41 Å². The summed E-state index contributed by atoms with van der Waals surface area (Å²) in [5.41, 5.74) is 5.98. The van der Waals surface area contributed by atoms with Crippen LogP contribution < -0.4 is 5.73 Å². The van der Waals surface area contributed by atoms with Crippen LogP contribution >= 0.6 is 23.4 Å². The molecule has 2 aromatic rings. The molecular formula is C12H10ClN3S. The molecule has 0 atom stereocenters. The first-order valence-electron chi connectivity index (χ1n) is 4.89. The number of amidine groups is 1. The normalized spacial score (nSPS) is 10.2. The molecule has 0 fully saturated rings. The molecule has 5 heteroatoms. The maximum atomic E-state index is 7.27. The van der Waals surface area contributed by atoms with E-state index in [1.54, 1.807) is 12.3 Å². The van der Waals surface area contributed by atoms with Gasteiger partial charge in [-0.1, -0.05) is 29.4 Å². The smallest absolute Gasteiger partial charge is 0.124 e. The van der Waals surface area contributed by atoms with Gasteiger partial charge < -0.3 is 5.73 Å². The fourth-order valence-corrected chi connectivity index (χ4v) is 2.32. The highest BCUT2D eigenvalue weighted by molar-refractivity contribution is 7.99. The average molecular weight is 264 g/mol. The quantitative estimate of drug-likeness (QED) is 0.660. The van der Waals surface area contributed by atoms with Gasteiger partial charge in [0.25, 0.3) is 0 Å². The summed E-state index contributed by atoms with van der Waals surface area (Å²) in [5, 5.41) is 8.82. The predicted molar refractivity (Wildman–Crippen MR) is 70.8 cm³/mol. The van der Waals surface area contributed by atoms with Gasteiger partial charge in [-0.3, -0.25) is 5.41 Å². The zero-order valence-corrected chi connectivity index (χ0v) is 10.4. The summed E-state index contributed by atoms with van der Waals surface area (Å²) < 4.78 is 0. The number of aromatic nitrogens is 1. The molecule has 0 amide bonds. The van der Waals surface area contributed by atoms with Crippen LogP contribution in [-0.2, 0) is 0 Å². The van der Waals surface area contributed by atoms with Gasteiger partial charge in [-0.25, -0.2) is 4.98 Å². The van der Waals surface area contributed by atoms with Crippen molar-refractivity contribution in [2.24, 2.45) is 5.73 Å². The highest BCUT2D eigenvalue weighted by Gasteiger charge is 2.01. The summed E-state index contributed by atoms with van der Waals surface area (Å²) in [6.07, 6.45) is 1.59. The van der Waals surface area contributed by atoms with Gasteiger partial charge in [0.05, 0.1) is 0 Å². The number of pyridine rings is 1. The van der Waals surface area contributed by atoms with Gasteiger partial charge in [-0.2, -0.15) is 0 Å². The van der Waals surface area contributed by atoms with Gasteiger partial charge >= 0.3 is 0 Å². The maximum absolute atomic E-state index is 7.27. The van der Waals surface area contributed by atoms with Crippen LogP contribution in [0.25, 0.3) is 0 Å². The van der Waals surface area contributed by atoms with Gasteiger partial charge in [0.2, 0.25) is 0 Å². The van der Waals surface area contributed by atoms with E-state index >= 15 is 0 Å². The van der Waals surface area contributed by atoms with Crippen LogP contribution in [0.2, 0.25) is 5.02 Å². The van der Waals surface area contributed by atoms with Crippen molar-refractivity contribution in [2.45, 2.75) is 9.92 Å². The van der Waals surface area contributed by atoms with Gasteiger partial charge in [0, 0.05) is 21.7 Å². The number of benzene rings is 1. The molecule has 0 aliphatic heterocycles. The number of nitrogen functional groups attached to an aromatic ring is 1. The summed E-state index contributed by atoms with van der Waals surface area (Å²) in [6.45, 7) is 0. The Morgan fingerprint density at radius 2 is 2.12 bits per heavy atom. The first-order valence-corrected chi connectivity index (χ1v) is 6.08. The average Bonchev–Trinajstić information content (AvgIpc) is 2.29. The Kier molecular flexibility index (Phi) is 3.66. The number of halogens is 1. The Morgan fingerprint density at radius 1 is 1.29 bits per heavy atom. The molecule has 0 bridgehead atoms. The minimum atomic E-state index is 0.0248. The summed E-state index contributed by atoms with van der Waals surface area (Å²) in [6, 6.07) is 11.2. The molecule has 17 heavy (non-hydrogen) atoms. The van der Waals surface area contributed by atoms with E-state index in [0.717, 1.165) is 9.92 Å². The summed E-state index contributed by atoms with van der Waals surface area (Å²) in [5.74, 6) is 0.0248. The topological polar surface area (TPSA) is 62.8 Å². The van der Waals surface area contributed by atoms with Crippen LogP contribution in [0.1, 0.15) is 5.56 Å². The Morgan fingerprint density at radius 3 is 2.71 bits per heavy atom. The molecule has 0 radical (unpaired) electrons. The van der Waals surface area contributed by atoms with Crippen molar-refractivity contribution in [1.82, 2.24) is 4.98 Å². The van der Waals surface area contributed by atoms with Gasteiger partial charge in [0.15, 0.2) is 0 Å². The lowest BCUT2D eigenvalue weighted by Crippen LogP contribution is -2.10. The minimum absolute atomic E-state index is 0.0248. The van der Waals surface area contributed by atoms with E-state index in [0.29, 0.717) is 10.6 Å². The standard InChI is InChI=1S/C12H10ClN3S/c13-9-2-1-3-10(6-9)17-11-5-4-8(7-16-11)12(14)15/h1-7H,(H3,14,15). The van der Waals surface area contributed by atoms with Crippen LogP contribution in [0.3, 0.4) is 0 Å².